The second-order valence-corrected chi connectivity index (χ2v) is 17.8. The molecular formula is C21H29N6O5PSSi. The van der Waals surface area contributed by atoms with E-state index in [9.17, 15) is 4.89 Å². The van der Waals surface area contributed by atoms with E-state index in [-0.39, 0.29) is 17.5 Å². The number of anilines is 1. The van der Waals surface area contributed by atoms with Crippen LogP contribution in [-0.4, -0.2) is 62.6 Å². The van der Waals surface area contributed by atoms with Crippen LogP contribution in [0, 0.1) is 0 Å². The van der Waals surface area contributed by atoms with Gasteiger partial charge in [-0.15, -0.1) is 0 Å². The van der Waals surface area contributed by atoms with Crippen LogP contribution in [0.3, 0.4) is 0 Å². The Morgan fingerprint density at radius 2 is 2.09 bits per heavy atom. The van der Waals surface area contributed by atoms with Crippen molar-refractivity contribution in [3.05, 3.63) is 30.9 Å². The molecule has 35 heavy (non-hydrogen) atoms. The monoisotopic (exact) mass is 536 g/mol. The summed E-state index contributed by atoms with van der Waals surface area (Å²) in [5.74, 6) is 0.804. The van der Waals surface area contributed by atoms with Crippen LogP contribution < -0.4 is 5.73 Å². The van der Waals surface area contributed by atoms with E-state index in [0.29, 0.717) is 17.0 Å². The van der Waals surface area contributed by atoms with Crippen LogP contribution >= 0.6 is 6.72 Å². The first-order chi connectivity index (χ1) is 16.4. The average Bonchev–Trinajstić information content (AvgIpc) is 3.32. The molecule has 0 bridgehead atoms. The highest BCUT2D eigenvalue weighted by Gasteiger charge is 2.55. The molecule has 0 amide bonds. The number of fused-ring (bicyclic) bond motifs is 2. The van der Waals surface area contributed by atoms with Gasteiger partial charge in [-0.2, -0.15) is 0 Å². The Bertz CT molecular complexity index is 1300. The highest BCUT2D eigenvalue weighted by Crippen LogP contribution is 2.55. The quantitative estimate of drug-likeness (QED) is 0.374. The number of nitrogen functional groups attached to an aromatic ring is 1. The van der Waals surface area contributed by atoms with Crippen LogP contribution in [0.25, 0.3) is 22.6 Å². The molecule has 5 rings (SSSR count). The molecule has 1 unspecified atom stereocenters. The molecule has 3 N–H and O–H groups in total. The molecule has 0 aromatic carbocycles. The van der Waals surface area contributed by atoms with Gasteiger partial charge in [0.1, 0.15) is 30.5 Å². The standard InChI is InChI=1S/C21H29N6O5PSSi/c1-21(2,3)35(4,5)32-16-15-13(10-29-33(28,34)31-15)30-20(16)27-18(12-7-6-8-23-9-12)26-14-17(22)24-11-25-19(14)27/h6-9,11,13,15-16,20H,10H2,1-5H3,(H,28,34)(H2,22,24,25)/t13-,15-,16-,20-,33?/m1/s1. The van der Waals surface area contributed by atoms with Gasteiger partial charge in [-0.05, 0) is 42.1 Å². The molecule has 11 nitrogen and oxygen atoms in total. The zero-order valence-electron chi connectivity index (χ0n) is 20.2. The molecule has 0 saturated carbocycles. The molecule has 188 valence electrons. The SMILES string of the molecule is CC(C)(C)[Si](C)(C)O[C@@H]1[C@@H]2OP(O)(=S)OC[C@H]2O[C@H]1n1c(-c2cccnc2)nc2c(N)ncnc21. The molecule has 5 atom stereocenters. The van der Waals surface area contributed by atoms with E-state index in [1.165, 1.54) is 6.33 Å². The largest absolute Gasteiger partial charge is 0.407 e. The molecule has 2 fully saturated rings. The van der Waals surface area contributed by atoms with Crippen molar-refractivity contribution in [2.45, 2.75) is 63.4 Å². The smallest absolute Gasteiger partial charge is 0.325 e. The van der Waals surface area contributed by atoms with Crippen LogP contribution in [0.4, 0.5) is 5.82 Å². The van der Waals surface area contributed by atoms with E-state index >= 15 is 0 Å². The molecule has 0 radical (unpaired) electrons. The summed E-state index contributed by atoms with van der Waals surface area (Å²) in [4.78, 5) is 28.1. The summed E-state index contributed by atoms with van der Waals surface area (Å²) < 4.78 is 26.6. The highest BCUT2D eigenvalue weighted by molar-refractivity contribution is 8.07. The molecule has 2 aliphatic heterocycles. The number of ether oxygens (including phenoxy) is 1. The van der Waals surface area contributed by atoms with E-state index in [4.69, 9.17) is 40.7 Å². The van der Waals surface area contributed by atoms with Gasteiger partial charge in [-0.3, -0.25) is 14.1 Å². The Balaban J connectivity index is 1.69. The summed E-state index contributed by atoms with van der Waals surface area (Å²) in [5.41, 5.74) is 7.85. The summed E-state index contributed by atoms with van der Waals surface area (Å²) in [6.45, 7) is 7.45. The van der Waals surface area contributed by atoms with Crippen LogP contribution in [0.2, 0.25) is 18.1 Å². The lowest BCUT2D eigenvalue weighted by molar-refractivity contribution is -0.0585. The average molecular weight is 537 g/mol. The van der Waals surface area contributed by atoms with Gasteiger partial charge in [0.15, 0.2) is 31.5 Å². The maximum Gasteiger partial charge on any atom is 0.325 e. The van der Waals surface area contributed by atoms with E-state index < -0.39 is 39.6 Å². The minimum atomic E-state index is -3.42. The highest BCUT2D eigenvalue weighted by atomic mass is 32.5. The second kappa shape index (κ2) is 8.63. The first-order valence-corrected chi connectivity index (χ1v) is 16.8. The van der Waals surface area contributed by atoms with Gasteiger partial charge < -0.3 is 24.3 Å². The van der Waals surface area contributed by atoms with Crippen LogP contribution in [0.5, 0.6) is 0 Å². The van der Waals surface area contributed by atoms with Gasteiger partial charge in [-0.25, -0.2) is 15.0 Å². The Morgan fingerprint density at radius 3 is 2.77 bits per heavy atom. The number of nitrogens with two attached hydrogens (primary N) is 1. The maximum atomic E-state index is 10.5. The second-order valence-electron chi connectivity index (χ2n) is 10.2. The lowest BCUT2D eigenvalue weighted by Gasteiger charge is -2.41. The molecular weight excluding hydrogens is 507 g/mol. The van der Waals surface area contributed by atoms with Crippen molar-refractivity contribution in [1.29, 1.82) is 0 Å². The Morgan fingerprint density at radius 1 is 1.31 bits per heavy atom. The van der Waals surface area contributed by atoms with E-state index in [1.807, 2.05) is 16.7 Å². The van der Waals surface area contributed by atoms with Crippen LogP contribution in [0.15, 0.2) is 30.9 Å². The normalized spacial score (nSPS) is 29.4. The van der Waals surface area contributed by atoms with Gasteiger partial charge in [0.05, 0.1) is 6.61 Å². The van der Waals surface area contributed by atoms with Crippen molar-refractivity contribution in [2.75, 3.05) is 12.3 Å². The molecule has 3 aromatic heterocycles. The van der Waals surface area contributed by atoms with Gasteiger partial charge in [-0.1, -0.05) is 20.8 Å². The number of hydrogen-bond acceptors (Lipinski definition) is 10. The summed E-state index contributed by atoms with van der Waals surface area (Å²) in [6.07, 6.45) is 2.35. The number of imidazole rings is 1. The lowest BCUT2D eigenvalue weighted by Crippen LogP contribution is -2.50. The third kappa shape index (κ3) is 4.44. The van der Waals surface area contributed by atoms with E-state index in [1.54, 1.807) is 12.4 Å². The van der Waals surface area contributed by atoms with Gasteiger partial charge in [0.2, 0.25) is 0 Å². The van der Waals surface area contributed by atoms with Crippen molar-refractivity contribution < 1.29 is 23.1 Å². The van der Waals surface area contributed by atoms with Crippen molar-refractivity contribution in [2.24, 2.45) is 0 Å². The number of rotatable bonds is 4. The first-order valence-electron chi connectivity index (χ1n) is 11.3. The fraction of sp³-hybridized carbons (Fsp3) is 0.524. The first kappa shape index (κ1) is 24.8. The lowest BCUT2D eigenvalue weighted by atomic mass is 10.1. The Hall–Kier alpha value is -1.83. The Labute approximate surface area is 209 Å². The number of hydrogen-bond donors (Lipinski definition) is 2. The van der Waals surface area contributed by atoms with E-state index in [0.717, 1.165) is 5.56 Å². The van der Waals surface area contributed by atoms with Crippen molar-refractivity contribution >= 4 is 43.8 Å². The molecule has 2 saturated heterocycles. The zero-order chi connectivity index (χ0) is 25.2. The molecule has 2 aliphatic rings. The summed E-state index contributed by atoms with van der Waals surface area (Å²) in [5, 5.41) is -0.0873. The van der Waals surface area contributed by atoms with Gasteiger partial charge in [0, 0.05) is 18.0 Å². The summed E-state index contributed by atoms with van der Waals surface area (Å²) >= 11 is 5.18. The van der Waals surface area contributed by atoms with Gasteiger partial charge >= 0.3 is 6.72 Å². The molecule has 3 aromatic rings. The minimum Gasteiger partial charge on any atom is -0.407 e. The van der Waals surface area contributed by atoms with Crippen molar-refractivity contribution in [3.63, 3.8) is 0 Å². The predicted octanol–water partition coefficient (Wildman–Crippen LogP) is 3.39. The maximum absolute atomic E-state index is 10.5. The fourth-order valence-electron chi connectivity index (χ4n) is 4.04. The third-order valence-electron chi connectivity index (χ3n) is 6.86. The minimum absolute atomic E-state index is 0.0873. The Kier molecular flexibility index (Phi) is 6.13. The summed E-state index contributed by atoms with van der Waals surface area (Å²) in [7, 11) is -2.33. The molecule has 0 aliphatic carbocycles. The topological polar surface area (TPSA) is 140 Å². The molecule has 5 heterocycles. The van der Waals surface area contributed by atoms with E-state index in [2.05, 4.69) is 48.8 Å². The number of aromatic nitrogens is 5. The number of nitrogens with zero attached hydrogens (tertiary/aromatic N) is 5. The molecule has 14 heteroatoms. The van der Waals surface area contributed by atoms with Crippen molar-refractivity contribution in [3.8, 4) is 11.4 Å². The van der Waals surface area contributed by atoms with Crippen LogP contribution in [0.1, 0.15) is 27.0 Å². The van der Waals surface area contributed by atoms with Crippen LogP contribution in [-0.2, 0) is 30.0 Å². The van der Waals surface area contributed by atoms with Gasteiger partial charge in [0.25, 0.3) is 0 Å². The summed E-state index contributed by atoms with van der Waals surface area (Å²) in [6, 6.07) is 3.72. The third-order valence-corrected chi connectivity index (χ3v) is 12.9. The zero-order valence-corrected chi connectivity index (χ0v) is 22.9. The predicted molar refractivity (Wildman–Crippen MR) is 136 cm³/mol. The fourth-order valence-corrected chi connectivity index (χ4v) is 6.76. The molecule has 0 spiro atoms. The van der Waals surface area contributed by atoms with Crippen molar-refractivity contribution in [1.82, 2.24) is 24.5 Å². The number of pyridine rings is 1.